The number of hydrogen-bond donors (Lipinski definition) is 0. The van der Waals surface area contributed by atoms with Crippen LogP contribution in [0.2, 0.25) is 0 Å². The second-order valence-electron chi connectivity index (χ2n) is 4.12. The van der Waals surface area contributed by atoms with E-state index in [4.69, 9.17) is 4.74 Å². The molecule has 0 heterocycles. The number of benzene rings is 1. The van der Waals surface area contributed by atoms with Crippen LogP contribution in [0.3, 0.4) is 0 Å². The van der Waals surface area contributed by atoms with E-state index in [1.165, 1.54) is 12.1 Å². The molecule has 1 aromatic carbocycles. The second-order valence-corrected chi connectivity index (χ2v) is 4.12. The zero-order chi connectivity index (χ0) is 12.9. The predicted octanol–water partition coefficient (Wildman–Crippen LogP) is -0.924. The molecule has 2 nitrogen and oxygen atoms in total. The van der Waals surface area contributed by atoms with Crippen LogP contribution in [0.25, 0.3) is 0 Å². The number of para-hydroxylation sites is 1. The van der Waals surface area contributed by atoms with E-state index < -0.39 is 12.4 Å². The third-order valence-corrected chi connectivity index (χ3v) is 2.28. The quantitative estimate of drug-likeness (QED) is 0.495. The van der Waals surface area contributed by atoms with Crippen LogP contribution in [0.4, 0.5) is 12.9 Å². The van der Waals surface area contributed by atoms with Gasteiger partial charge < -0.3 is 22.6 Å². The third kappa shape index (κ3) is 6.58. The summed E-state index contributed by atoms with van der Waals surface area (Å²) in [6.07, 6.45) is 0.701. The molecule has 0 aliphatic heterocycles. The summed E-state index contributed by atoms with van der Waals surface area (Å²) in [6, 6.07) is 5.34. The molecule has 0 atom stereocenters. The minimum absolute atomic E-state index is 0. The SMILES string of the molecule is CN(C)CCCOc1ccccc1[B-](F)(F)F.[K+]. The fourth-order valence-electron chi connectivity index (χ4n) is 1.45. The molecule has 0 aliphatic rings. The Labute approximate surface area is 148 Å². The third-order valence-electron chi connectivity index (χ3n) is 2.28. The summed E-state index contributed by atoms with van der Waals surface area (Å²) >= 11 is 0. The van der Waals surface area contributed by atoms with Crippen LogP contribution >= 0.6 is 0 Å². The van der Waals surface area contributed by atoms with Crippen molar-refractivity contribution in [1.29, 1.82) is 0 Å². The van der Waals surface area contributed by atoms with E-state index in [2.05, 4.69) is 0 Å². The van der Waals surface area contributed by atoms with Crippen molar-refractivity contribution in [2.75, 3.05) is 27.2 Å². The minimum atomic E-state index is -5.01. The summed E-state index contributed by atoms with van der Waals surface area (Å²) in [6.45, 7) is -3.92. The number of ether oxygens (including phenoxy) is 1. The van der Waals surface area contributed by atoms with Gasteiger partial charge in [0, 0.05) is 6.54 Å². The summed E-state index contributed by atoms with van der Waals surface area (Å²) < 4.78 is 43.2. The molecule has 0 bridgehead atoms. The minimum Gasteiger partial charge on any atom is -0.497 e. The van der Waals surface area contributed by atoms with Crippen molar-refractivity contribution in [2.24, 2.45) is 0 Å². The van der Waals surface area contributed by atoms with Crippen LogP contribution in [-0.2, 0) is 0 Å². The van der Waals surface area contributed by atoms with Gasteiger partial charge in [-0.1, -0.05) is 23.7 Å². The molecule has 0 N–H and O–H groups in total. The topological polar surface area (TPSA) is 12.5 Å². The molecular weight excluding hydrogens is 269 g/mol. The van der Waals surface area contributed by atoms with Crippen molar-refractivity contribution in [1.82, 2.24) is 4.90 Å². The summed E-state index contributed by atoms with van der Waals surface area (Å²) in [7, 11) is 3.82. The number of nitrogens with zero attached hydrogens (tertiary/aromatic N) is 1. The van der Waals surface area contributed by atoms with E-state index >= 15 is 0 Å². The maximum Gasteiger partial charge on any atom is 1.00 e. The van der Waals surface area contributed by atoms with Gasteiger partial charge in [-0.15, -0.1) is 0 Å². The average Bonchev–Trinajstić information content (AvgIpc) is 2.23. The van der Waals surface area contributed by atoms with Gasteiger partial charge in [0.15, 0.2) is 0 Å². The Morgan fingerprint density at radius 1 is 1.17 bits per heavy atom. The van der Waals surface area contributed by atoms with Crippen molar-refractivity contribution in [2.45, 2.75) is 6.42 Å². The van der Waals surface area contributed by atoms with Crippen LogP contribution in [0, 0.1) is 0 Å². The largest absolute Gasteiger partial charge is 1.00 e. The van der Waals surface area contributed by atoms with Gasteiger partial charge in [0.1, 0.15) is 0 Å². The molecule has 0 unspecified atom stereocenters. The fourth-order valence-corrected chi connectivity index (χ4v) is 1.45. The van der Waals surface area contributed by atoms with E-state index in [9.17, 15) is 12.9 Å². The van der Waals surface area contributed by atoms with Gasteiger partial charge in [-0.05, 0) is 26.6 Å². The Balaban J connectivity index is 0.00000289. The Hall–Kier alpha value is 0.471. The van der Waals surface area contributed by atoms with Gasteiger partial charge in [-0.2, -0.15) is 0 Å². The van der Waals surface area contributed by atoms with Crippen molar-refractivity contribution < 1.29 is 69.1 Å². The van der Waals surface area contributed by atoms with Gasteiger partial charge in [0.05, 0.1) is 12.4 Å². The Morgan fingerprint density at radius 2 is 1.78 bits per heavy atom. The van der Waals surface area contributed by atoms with Crippen LogP contribution in [0.5, 0.6) is 5.75 Å². The molecule has 0 saturated heterocycles. The van der Waals surface area contributed by atoms with Gasteiger partial charge in [0.2, 0.25) is 0 Å². The number of hydrogen-bond acceptors (Lipinski definition) is 2. The van der Waals surface area contributed by atoms with E-state index in [-0.39, 0.29) is 57.1 Å². The molecule has 1 aromatic rings. The standard InChI is InChI=1S/C11H16BF3NO.K/c1-16(2)8-5-9-17-11-7-4-3-6-10(11)12(13,14)15;/h3-4,6-7H,5,8-9H2,1-2H3;/q-1;+1. The first-order valence-corrected chi connectivity index (χ1v) is 5.47. The van der Waals surface area contributed by atoms with Gasteiger partial charge in [-0.3, -0.25) is 0 Å². The Morgan fingerprint density at radius 3 is 2.33 bits per heavy atom. The molecule has 0 amide bonds. The summed E-state index contributed by atoms with van der Waals surface area (Å²) in [5, 5.41) is 0. The number of halogens is 3. The maximum absolute atomic E-state index is 12.7. The van der Waals surface area contributed by atoms with E-state index in [0.717, 1.165) is 12.6 Å². The molecule has 0 aliphatic carbocycles. The first-order valence-electron chi connectivity index (χ1n) is 5.47. The van der Waals surface area contributed by atoms with E-state index in [0.29, 0.717) is 13.0 Å². The van der Waals surface area contributed by atoms with Crippen molar-refractivity contribution in [3.63, 3.8) is 0 Å². The van der Waals surface area contributed by atoms with Gasteiger partial charge in [0.25, 0.3) is 0 Å². The monoisotopic (exact) mass is 285 g/mol. The molecule has 1 rings (SSSR count). The van der Waals surface area contributed by atoms with Gasteiger partial charge >= 0.3 is 58.4 Å². The van der Waals surface area contributed by atoms with Crippen molar-refractivity contribution in [3.8, 4) is 5.75 Å². The Kier molecular flexibility index (Phi) is 8.83. The summed E-state index contributed by atoms with van der Waals surface area (Å²) in [5.41, 5.74) is -0.655. The molecule has 0 aromatic heterocycles. The molecule has 0 radical (unpaired) electrons. The van der Waals surface area contributed by atoms with E-state index in [1.807, 2.05) is 19.0 Å². The molecule has 0 spiro atoms. The summed E-state index contributed by atoms with van der Waals surface area (Å²) in [4.78, 5) is 1.96. The van der Waals surface area contributed by atoms with Crippen LogP contribution < -0.4 is 61.6 Å². The first kappa shape index (κ1) is 18.5. The smallest absolute Gasteiger partial charge is 0.497 e. The maximum atomic E-state index is 12.7. The van der Waals surface area contributed by atoms with Crippen molar-refractivity contribution >= 4 is 12.4 Å². The zero-order valence-corrected chi connectivity index (χ0v) is 14.1. The molecule has 0 fully saturated rings. The molecular formula is C11H16BF3KNO. The number of rotatable bonds is 6. The van der Waals surface area contributed by atoms with Crippen LogP contribution in [-0.4, -0.2) is 39.1 Å². The summed E-state index contributed by atoms with van der Waals surface area (Å²) in [5.74, 6) is -0.0706. The average molecular weight is 285 g/mol. The normalized spacial score (nSPS) is 11.2. The first-order chi connectivity index (χ1) is 7.91. The molecule has 0 saturated carbocycles. The van der Waals surface area contributed by atoms with Crippen LogP contribution in [0.1, 0.15) is 6.42 Å². The predicted molar refractivity (Wildman–Crippen MR) is 63.8 cm³/mol. The van der Waals surface area contributed by atoms with E-state index in [1.54, 1.807) is 6.07 Å². The molecule has 96 valence electrons. The Bertz CT molecular complexity index is 360. The second kappa shape index (κ2) is 8.60. The molecule has 18 heavy (non-hydrogen) atoms. The fraction of sp³-hybridized carbons (Fsp3) is 0.455. The van der Waals surface area contributed by atoms with Gasteiger partial charge in [-0.25, -0.2) is 0 Å². The zero-order valence-electron chi connectivity index (χ0n) is 11.0. The van der Waals surface area contributed by atoms with Crippen molar-refractivity contribution in [3.05, 3.63) is 24.3 Å². The molecule has 7 heteroatoms. The van der Waals surface area contributed by atoms with Crippen LogP contribution in [0.15, 0.2) is 24.3 Å².